The maximum absolute atomic E-state index is 4.57. The molecule has 0 unspecified atom stereocenters. The van der Waals surface area contributed by atoms with Crippen molar-refractivity contribution in [3.05, 3.63) is 23.9 Å². The molecule has 0 bridgehead atoms. The SMILES string of the molecule is CNCCNc1cccc(C2CC2)n1. The van der Waals surface area contributed by atoms with Crippen molar-refractivity contribution >= 4 is 5.82 Å². The van der Waals surface area contributed by atoms with Crippen LogP contribution in [0.4, 0.5) is 5.82 Å². The summed E-state index contributed by atoms with van der Waals surface area (Å²) in [5.74, 6) is 1.74. The summed E-state index contributed by atoms with van der Waals surface area (Å²) in [5, 5.41) is 6.39. The summed E-state index contributed by atoms with van der Waals surface area (Å²) in [6.07, 6.45) is 2.62. The standard InChI is InChI=1S/C11H17N3/c1-12-7-8-13-11-4-2-3-10(14-11)9-5-6-9/h2-4,9,12H,5-8H2,1H3,(H,13,14). The smallest absolute Gasteiger partial charge is 0.126 e. The summed E-state index contributed by atoms with van der Waals surface area (Å²) in [6.45, 7) is 1.90. The van der Waals surface area contributed by atoms with Crippen molar-refractivity contribution < 1.29 is 0 Å². The van der Waals surface area contributed by atoms with Gasteiger partial charge < -0.3 is 10.6 Å². The van der Waals surface area contributed by atoms with E-state index in [4.69, 9.17) is 0 Å². The Balaban J connectivity index is 1.92. The quantitative estimate of drug-likeness (QED) is 0.694. The Bertz CT molecular complexity index is 294. The molecule has 1 fully saturated rings. The third-order valence-electron chi connectivity index (χ3n) is 2.45. The number of rotatable bonds is 5. The highest BCUT2D eigenvalue weighted by molar-refractivity contribution is 5.36. The molecule has 0 atom stereocenters. The van der Waals surface area contributed by atoms with Crippen LogP contribution < -0.4 is 10.6 Å². The molecule has 1 aliphatic rings. The van der Waals surface area contributed by atoms with Crippen molar-refractivity contribution in [2.24, 2.45) is 0 Å². The Hall–Kier alpha value is -1.09. The maximum atomic E-state index is 4.57. The van der Waals surface area contributed by atoms with Gasteiger partial charge in [-0.3, -0.25) is 0 Å². The Kier molecular flexibility index (Phi) is 2.99. The predicted octanol–water partition coefficient (Wildman–Crippen LogP) is 1.59. The van der Waals surface area contributed by atoms with Crippen molar-refractivity contribution in [1.82, 2.24) is 10.3 Å². The van der Waals surface area contributed by atoms with Gasteiger partial charge in [-0.05, 0) is 32.0 Å². The molecule has 2 rings (SSSR count). The van der Waals surface area contributed by atoms with Gasteiger partial charge in [0.25, 0.3) is 0 Å². The summed E-state index contributed by atoms with van der Waals surface area (Å²) in [5.41, 5.74) is 1.25. The number of likely N-dealkylation sites (N-methyl/N-ethyl adjacent to an activating group) is 1. The summed E-state index contributed by atoms with van der Waals surface area (Å²) < 4.78 is 0. The van der Waals surface area contributed by atoms with E-state index < -0.39 is 0 Å². The van der Waals surface area contributed by atoms with E-state index in [0.717, 1.165) is 24.8 Å². The van der Waals surface area contributed by atoms with E-state index in [9.17, 15) is 0 Å². The molecule has 0 radical (unpaired) electrons. The van der Waals surface area contributed by atoms with Gasteiger partial charge in [0.15, 0.2) is 0 Å². The number of nitrogens with one attached hydrogen (secondary N) is 2. The van der Waals surface area contributed by atoms with Gasteiger partial charge in [0, 0.05) is 24.7 Å². The number of pyridine rings is 1. The highest BCUT2D eigenvalue weighted by atomic mass is 15.0. The van der Waals surface area contributed by atoms with Crippen LogP contribution in [-0.2, 0) is 0 Å². The summed E-state index contributed by atoms with van der Waals surface area (Å²) in [7, 11) is 1.95. The molecule has 1 aliphatic carbocycles. The van der Waals surface area contributed by atoms with E-state index in [1.165, 1.54) is 18.5 Å². The number of nitrogens with zero attached hydrogens (tertiary/aromatic N) is 1. The van der Waals surface area contributed by atoms with Crippen LogP contribution >= 0.6 is 0 Å². The third kappa shape index (κ3) is 2.45. The molecule has 1 heterocycles. The highest BCUT2D eigenvalue weighted by Gasteiger charge is 2.24. The molecule has 0 aromatic carbocycles. The Morgan fingerprint density at radius 3 is 2.93 bits per heavy atom. The maximum Gasteiger partial charge on any atom is 0.126 e. The Morgan fingerprint density at radius 1 is 1.36 bits per heavy atom. The molecule has 0 amide bonds. The zero-order chi connectivity index (χ0) is 9.80. The minimum atomic E-state index is 0.737. The second kappa shape index (κ2) is 4.42. The highest BCUT2D eigenvalue weighted by Crippen LogP contribution is 2.39. The number of anilines is 1. The normalized spacial score (nSPS) is 15.5. The van der Waals surface area contributed by atoms with Crippen molar-refractivity contribution in [3.8, 4) is 0 Å². The molecule has 3 nitrogen and oxygen atoms in total. The van der Waals surface area contributed by atoms with Gasteiger partial charge in [0.1, 0.15) is 5.82 Å². The van der Waals surface area contributed by atoms with Gasteiger partial charge in [0.2, 0.25) is 0 Å². The van der Waals surface area contributed by atoms with E-state index in [1.54, 1.807) is 0 Å². The molecule has 76 valence electrons. The fourth-order valence-corrected chi connectivity index (χ4v) is 1.47. The topological polar surface area (TPSA) is 37.0 Å². The van der Waals surface area contributed by atoms with Gasteiger partial charge >= 0.3 is 0 Å². The van der Waals surface area contributed by atoms with Crippen LogP contribution in [0.15, 0.2) is 18.2 Å². The van der Waals surface area contributed by atoms with Gasteiger partial charge in [0.05, 0.1) is 0 Å². The van der Waals surface area contributed by atoms with Gasteiger partial charge in [-0.25, -0.2) is 4.98 Å². The number of aromatic nitrogens is 1. The molecular formula is C11H17N3. The largest absolute Gasteiger partial charge is 0.369 e. The second-order valence-corrected chi connectivity index (χ2v) is 3.75. The second-order valence-electron chi connectivity index (χ2n) is 3.75. The lowest BCUT2D eigenvalue weighted by Gasteiger charge is -2.06. The molecule has 1 aromatic rings. The molecule has 1 aromatic heterocycles. The Morgan fingerprint density at radius 2 is 2.21 bits per heavy atom. The molecule has 0 aliphatic heterocycles. The molecule has 1 saturated carbocycles. The van der Waals surface area contributed by atoms with Crippen LogP contribution in [0.3, 0.4) is 0 Å². The van der Waals surface area contributed by atoms with Gasteiger partial charge in [-0.1, -0.05) is 6.07 Å². The molecule has 0 saturated heterocycles. The first-order chi connectivity index (χ1) is 6.90. The van der Waals surface area contributed by atoms with Gasteiger partial charge in [-0.2, -0.15) is 0 Å². The summed E-state index contributed by atoms with van der Waals surface area (Å²) in [4.78, 5) is 4.57. The first kappa shape index (κ1) is 9.46. The predicted molar refractivity (Wildman–Crippen MR) is 58.6 cm³/mol. The fraction of sp³-hybridized carbons (Fsp3) is 0.545. The number of hydrogen-bond donors (Lipinski definition) is 2. The first-order valence-electron chi connectivity index (χ1n) is 5.25. The van der Waals surface area contributed by atoms with Crippen LogP contribution in [-0.4, -0.2) is 25.1 Å². The van der Waals surface area contributed by atoms with E-state index in [2.05, 4.69) is 27.8 Å². The lowest BCUT2D eigenvalue weighted by Crippen LogP contribution is -2.18. The Labute approximate surface area is 84.9 Å². The molecule has 0 spiro atoms. The zero-order valence-corrected chi connectivity index (χ0v) is 8.59. The molecule has 14 heavy (non-hydrogen) atoms. The number of hydrogen-bond acceptors (Lipinski definition) is 3. The van der Waals surface area contributed by atoms with Crippen LogP contribution in [0, 0.1) is 0 Å². The molecule has 3 heteroatoms. The van der Waals surface area contributed by atoms with Crippen LogP contribution in [0.25, 0.3) is 0 Å². The van der Waals surface area contributed by atoms with Crippen molar-refractivity contribution in [2.75, 3.05) is 25.5 Å². The van der Waals surface area contributed by atoms with Crippen molar-refractivity contribution in [1.29, 1.82) is 0 Å². The van der Waals surface area contributed by atoms with Crippen LogP contribution in [0.2, 0.25) is 0 Å². The zero-order valence-electron chi connectivity index (χ0n) is 8.59. The first-order valence-corrected chi connectivity index (χ1v) is 5.25. The van der Waals surface area contributed by atoms with Crippen LogP contribution in [0.5, 0.6) is 0 Å². The molecule has 2 N–H and O–H groups in total. The van der Waals surface area contributed by atoms with E-state index in [-0.39, 0.29) is 0 Å². The fourth-order valence-electron chi connectivity index (χ4n) is 1.47. The van der Waals surface area contributed by atoms with E-state index >= 15 is 0 Å². The lowest BCUT2D eigenvalue weighted by atomic mass is 10.2. The summed E-state index contributed by atoms with van der Waals surface area (Å²) >= 11 is 0. The van der Waals surface area contributed by atoms with Crippen molar-refractivity contribution in [2.45, 2.75) is 18.8 Å². The average Bonchev–Trinajstić information content (AvgIpc) is 3.02. The van der Waals surface area contributed by atoms with E-state index in [0.29, 0.717) is 0 Å². The summed E-state index contributed by atoms with van der Waals surface area (Å²) in [6, 6.07) is 6.24. The monoisotopic (exact) mass is 191 g/mol. The minimum absolute atomic E-state index is 0.737. The van der Waals surface area contributed by atoms with Crippen LogP contribution in [0.1, 0.15) is 24.5 Å². The van der Waals surface area contributed by atoms with Gasteiger partial charge in [-0.15, -0.1) is 0 Å². The molecular weight excluding hydrogens is 174 g/mol. The minimum Gasteiger partial charge on any atom is -0.369 e. The lowest BCUT2D eigenvalue weighted by molar-refractivity contribution is 0.820. The van der Waals surface area contributed by atoms with E-state index in [1.807, 2.05) is 13.1 Å². The average molecular weight is 191 g/mol. The van der Waals surface area contributed by atoms with Crippen molar-refractivity contribution in [3.63, 3.8) is 0 Å². The third-order valence-corrected chi connectivity index (χ3v) is 2.45.